The number of sulfonamides is 1. The van der Waals surface area contributed by atoms with E-state index < -0.39 is 10.0 Å². The second kappa shape index (κ2) is 6.20. The lowest BCUT2D eigenvalue weighted by Crippen LogP contribution is -2.29. The number of benzene rings is 2. The smallest absolute Gasteiger partial charge is 0.240 e. The van der Waals surface area contributed by atoms with E-state index in [2.05, 4.69) is 4.72 Å². The van der Waals surface area contributed by atoms with Crippen LogP contribution >= 0.6 is 0 Å². The van der Waals surface area contributed by atoms with E-state index >= 15 is 0 Å². The molecule has 0 unspecified atom stereocenters. The normalized spacial score (nSPS) is 11.3. The third kappa shape index (κ3) is 4.00. The average molecular weight is 303 g/mol. The van der Waals surface area contributed by atoms with Crippen LogP contribution in [0.4, 0.5) is 0 Å². The van der Waals surface area contributed by atoms with Gasteiger partial charge in [-0.15, -0.1) is 0 Å². The minimum Gasteiger partial charge on any atom is -0.293 e. The molecule has 5 heteroatoms. The fourth-order valence-corrected chi connectivity index (χ4v) is 2.86. The van der Waals surface area contributed by atoms with Gasteiger partial charge in [0.25, 0.3) is 0 Å². The van der Waals surface area contributed by atoms with E-state index in [1.165, 1.54) is 12.1 Å². The van der Waals surface area contributed by atoms with Gasteiger partial charge in [-0.05, 0) is 32.0 Å². The highest BCUT2D eigenvalue weighted by Crippen LogP contribution is 2.10. The minimum absolute atomic E-state index is 0.158. The number of ketones is 1. The lowest BCUT2D eigenvalue weighted by atomic mass is 10.1. The standard InChI is InChI=1S/C16H17NO3S/c1-12-6-8-15(9-7-12)21(19,20)17-11-16(18)14-5-3-4-13(2)10-14/h3-10,17H,11H2,1-2H3. The number of hydrogen-bond acceptors (Lipinski definition) is 3. The molecule has 0 spiro atoms. The highest BCUT2D eigenvalue weighted by Gasteiger charge is 2.15. The fraction of sp³-hybridized carbons (Fsp3) is 0.188. The lowest BCUT2D eigenvalue weighted by Gasteiger charge is -2.07. The number of Topliss-reactive ketones (excluding diaryl/α,β-unsaturated/α-hetero) is 1. The molecular weight excluding hydrogens is 286 g/mol. The quantitative estimate of drug-likeness (QED) is 0.863. The van der Waals surface area contributed by atoms with Gasteiger partial charge in [-0.1, -0.05) is 41.5 Å². The van der Waals surface area contributed by atoms with E-state index in [1.54, 1.807) is 30.3 Å². The predicted molar refractivity (Wildman–Crippen MR) is 81.9 cm³/mol. The van der Waals surface area contributed by atoms with Crippen molar-refractivity contribution < 1.29 is 13.2 Å². The molecule has 21 heavy (non-hydrogen) atoms. The molecule has 0 fully saturated rings. The highest BCUT2D eigenvalue weighted by atomic mass is 32.2. The number of aryl methyl sites for hydroxylation is 2. The number of carbonyl (C=O) groups is 1. The molecule has 0 amide bonds. The van der Waals surface area contributed by atoms with Crippen molar-refractivity contribution in [2.24, 2.45) is 0 Å². The lowest BCUT2D eigenvalue weighted by molar-refractivity contribution is 0.0997. The third-order valence-corrected chi connectivity index (χ3v) is 4.51. The Hall–Kier alpha value is -1.98. The zero-order valence-electron chi connectivity index (χ0n) is 12.0. The molecule has 0 saturated heterocycles. The van der Waals surface area contributed by atoms with Gasteiger partial charge in [0.2, 0.25) is 10.0 Å². The van der Waals surface area contributed by atoms with Crippen LogP contribution in [-0.2, 0) is 10.0 Å². The minimum atomic E-state index is -3.66. The van der Waals surface area contributed by atoms with E-state index in [1.807, 2.05) is 19.9 Å². The number of hydrogen-bond donors (Lipinski definition) is 1. The summed E-state index contributed by atoms with van der Waals surface area (Å²) in [6.07, 6.45) is 0. The summed E-state index contributed by atoms with van der Waals surface area (Å²) in [6.45, 7) is 3.51. The van der Waals surface area contributed by atoms with Gasteiger partial charge in [0, 0.05) is 5.56 Å². The van der Waals surface area contributed by atoms with Crippen LogP contribution in [0.5, 0.6) is 0 Å². The van der Waals surface area contributed by atoms with E-state index in [-0.39, 0.29) is 17.2 Å². The highest BCUT2D eigenvalue weighted by molar-refractivity contribution is 7.89. The molecule has 0 aliphatic heterocycles. The fourth-order valence-electron chi connectivity index (χ4n) is 1.88. The zero-order chi connectivity index (χ0) is 15.5. The largest absolute Gasteiger partial charge is 0.293 e. The Bertz CT molecular complexity index is 749. The van der Waals surface area contributed by atoms with Crippen LogP contribution in [0.15, 0.2) is 53.4 Å². The Morgan fingerprint density at radius 1 is 1.00 bits per heavy atom. The topological polar surface area (TPSA) is 63.2 Å². The summed E-state index contributed by atoms with van der Waals surface area (Å²) in [6, 6.07) is 13.6. The molecule has 2 aromatic carbocycles. The molecule has 0 radical (unpaired) electrons. The molecule has 0 aliphatic rings. The van der Waals surface area contributed by atoms with Gasteiger partial charge < -0.3 is 0 Å². The van der Waals surface area contributed by atoms with Crippen molar-refractivity contribution in [1.29, 1.82) is 0 Å². The van der Waals surface area contributed by atoms with Crippen molar-refractivity contribution >= 4 is 15.8 Å². The molecule has 0 atom stereocenters. The van der Waals surface area contributed by atoms with E-state index in [4.69, 9.17) is 0 Å². The van der Waals surface area contributed by atoms with Crippen LogP contribution in [0.2, 0.25) is 0 Å². The summed E-state index contributed by atoms with van der Waals surface area (Å²) in [5, 5.41) is 0. The SMILES string of the molecule is Cc1ccc(S(=O)(=O)NCC(=O)c2cccc(C)c2)cc1. The molecule has 0 aliphatic carbocycles. The first-order valence-electron chi connectivity index (χ1n) is 6.55. The van der Waals surface area contributed by atoms with Crippen LogP contribution in [-0.4, -0.2) is 20.7 Å². The maximum absolute atomic E-state index is 12.1. The summed E-state index contributed by atoms with van der Waals surface area (Å²) in [4.78, 5) is 12.2. The Balaban J connectivity index is 2.08. The molecule has 2 rings (SSSR count). The second-order valence-corrected chi connectivity index (χ2v) is 6.70. The van der Waals surface area contributed by atoms with Crippen LogP contribution in [0.1, 0.15) is 21.5 Å². The van der Waals surface area contributed by atoms with Gasteiger partial charge in [-0.25, -0.2) is 13.1 Å². The Morgan fingerprint density at radius 3 is 2.29 bits per heavy atom. The predicted octanol–water partition coefficient (Wildman–Crippen LogP) is 2.46. The first kappa shape index (κ1) is 15.4. The molecule has 1 N–H and O–H groups in total. The molecule has 0 heterocycles. The van der Waals surface area contributed by atoms with Crippen molar-refractivity contribution in [3.05, 3.63) is 65.2 Å². The molecule has 0 aromatic heterocycles. The molecule has 0 bridgehead atoms. The van der Waals surface area contributed by atoms with Crippen LogP contribution < -0.4 is 4.72 Å². The van der Waals surface area contributed by atoms with Crippen molar-refractivity contribution in [3.8, 4) is 0 Å². The maximum Gasteiger partial charge on any atom is 0.240 e. The van der Waals surface area contributed by atoms with Crippen molar-refractivity contribution in [3.63, 3.8) is 0 Å². The van der Waals surface area contributed by atoms with Crippen LogP contribution in [0.3, 0.4) is 0 Å². The molecular formula is C16H17NO3S. The summed E-state index contributed by atoms with van der Waals surface area (Å²) >= 11 is 0. The van der Waals surface area contributed by atoms with Gasteiger partial charge in [0.1, 0.15) is 0 Å². The molecule has 2 aromatic rings. The first-order valence-corrected chi connectivity index (χ1v) is 8.03. The van der Waals surface area contributed by atoms with Crippen molar-refractivity contribution in [2.75, 3.05) is 6.54 Å². The summed E-state index contributed by atoms with van der Waals surface area (Å²) in [5.41, 5.74) is 2.44. The Kier molecular flexibility index (Phi) is 4.55. The van der Waals surface area contributed by atoms with Gasteiger partial charge >= 0.3 is 0 Å². The van der Waals surface area contributed by atoms with E-state index in [0.29, 0.717) is 5.56 Å². The van der Waals surface area contributed by atoms with E-state index in [9.17, 15) is 13.2 Å². The van der Waals surface area contributed by atoms with Gasteiger partial charge in [0.05, 0.1) is 11.4 Å². The summed E-state index contributed by atoms with van der Waals surface area (Å²) < 4.78 is 26.5. The van der Waals surface area contributed by atoms with Gasteiger partial charge in [-0.2, -0.15) is 0 Å². The number of carbonyl (C=O) groups excluding carboxylic acids is 1. The van der Waals surface area contributed by atoms with Gasteiger partial charge in [0.15, 0.2) is 5.78 Å². The average Bonchev–Trinajstić information content (AvgIpc) is 2.45. The van der Waals surface area contributed by atoms with Crippen LogP contribution in [0, 0.1) is 13.8 Å². The van der Waals surface area contributed by atoms with E-state index in [0.717, 1.165) is 11.1 Å². The third-order valence-electron chi connectivity index (χ3n) is 3.09. The monoisotopic (exact) mass is 303 g/mol. The maximum atomic E-state index is 12.1. The Labute approximate surface area is 124 Å². The van der Waals surface area contributed by atoms with Gasteiger partial charge in [-0.3, -0.25) is 4.79 Å². The number of nitrogens with one attached hydrogen (secondary N) is 1. The molecule has 4 nitrogen and oxygen atoms in total. The summed E-state index contributed by atoms with van der Waals surface area (Å²) in [5.74, 6) is -0.255. The van der Waals surface area contributed by atoms with Crippen molar-refractivity contribution in [1.82, 2.24) is 4.72 Å². The molecule has 0 saturated carbocycles. The molecule has 110 valence electrons. The first-order chi connectivity index (χ1) is 9.88. The Morgan fingerprint density at radius 2 is 1.67 bits per heavy atom. The summed E-state index contributed by atoms with van der Waals surface area (Å²) in [7, 11) is -3.66. The zero-order valence-corrected chi connectivity index (χ0v) is 12.8. The van der Waals surface area contributed by atoms with Crippen LogP contribution in [0.25, 0.3) is 0 Å². The number of rotatable bonds is 5. The second-order valence-electron chi connectivity index (χ2n) is 4.93. The van der Waals surface area contributed by atoms with Crippen molar-refractivity contribution in [2.45, 2.75) is 18.7 Å².